The van der Waals surface area contributed by atoms with Gasteiger partial charge in [-0.25, -0.2) is 13.8 Å². The molecule has 0 bridgehead atoms. The molecule has 2 heterocycles. The lowest BCUT2D eigenvalue weighted by atomic mass is 9.99. The van der Waals surface area contributed by atoms with Gasteiger partial charge in [-0.2, -0.15) is 0 Å². The second-order valence-electron chi connectivity index (χ2n) is 6.48. The molecule has 1 aromatic carbocycles. The normalized spacial score (nSPS) is 14.4. The van der Waals surface area contributed by atoms with E-state index in [0.717, 1.165) is 17.7 Å². The van der Waals surface area contributed by atoms with Crippen molar-refractivity contribution in [1.82, 2.24) is 25.0 Å². The van der Waals surface area contributed by atoms with Crippen LogP contribution in [0, 0.1) is 18.6 Å². The second-order valence-corrected chi connectivity index (χ2v) is 6.48. The van der Waals surface area contributed by atoms with Crippen LogP contribution < -0.4 is 5.32 Å². The summed E-state index contributed by atoms with van der Waals surface area (Å²) in [5.74, 6) is 1.17. The van der Waals surface area contributed by atoms with Crippen LogP contribution in [0.1, 0.15) is 22.8 Å². The van der Waals surface area contributed by atoms with E-state index in [9.17, 15) is 8.78 Å². The third kappa shape index (κ3) is 4.41. The maximum absolute atomic E-state index is 14.0. The molecular formula is C18H24F2N6O. The molecule has 7 nitrogen and oxygen atoms in total. The van der Waals surface area contributed by atoms with E-state index in [2.05, 4.69) is 20.5 Å². The Balaban J connectivity index is 1.80. The summed E-state index contributed by atoms with van der Waals surface area (Å²) in [6.45, 7) is 4.31. The topological polar surface area (TPSA) is 67.6 Å². The van der Waals surface area contributed by atoms with Crippen LogP contribution in [0.4, 0.5) is 8.78 Å². The van der Waals surface area contributed by atoms with Crippen molar-refractivity contribution >= 4 is 5.96 Å². The Morgan fingerprint density at radius 1 is 1.33 bits per heavy atom. The number of guanidine groups is 1. The van der Waals surface area contributed by atoms with Gasteiger partial charge in [0.2, 0.25) is 0 Å². The highest BCUT2D eigenvalue weighted by molar-refractivity contribution is 5.80. The van der Waals surface area contributed by atoms with Crippen LogP contribution in [0.2, 0.25) is 0 Å². The average molecular weight is 378 g/mol. The predicted octanol–water partition coefficient (Wildman–Crippen LogP) is 1.55. The molecule has 9 heteroatoms. The van der Waals surface area contributed by atoms with Crippen molar-refractivity contribution in [3.63, 3.8) is 0 Å². The van der Waals surface area contributed by atoms with Crippen molar-refractivity contribution in [3.05, 3.63) is 46.5 Å². The lowest BCUT2D eigenvalue weighted by molar-refractivity contribution is 0.202. The zero-order valence-electron chi connectivity index (χ0n) is 15.8. The van der Waals surface area contributed by atoms with E-state index in [1.54, 1.807) is 7.11 Å². The number of hydrogen-bond donors (Lipinski definition) is 1. The van der Waals surface area contributed by atoms with Crippen LogP contribution in [-0.4, -0.2) is 52.4 Å². The minimum Gasteiger partial charge on any atom is -0.383 e. The molecule has 0 saturated heterocycles. The Morgan fingerprint density at radius 2 is 2.15 bits per heavy atom. The van der Waals surface area contributed by atoms with E-state index >= 15 is 0 Å². The summed E-state index contributed by atoms with van der Waals surface area (Å²) < 4.78 is 34.6. The van der Waals surface area contributed by atoms with Crippen molar-refractivity contribution in [3.8, 4) is 0 Å². The van der Waals surface area contributed by atoms with Crippen LogP contribution >= 0.6 is 0 Å². The third-order valence-corrected chi connectivity index (χ3v) is 4.69. The van der Waals surface area contributed by atoms with Crippen molar-refractivity contribution in [2.45, 2.75) is 26.4 Å². The zero-order valence-corrected chi connectivity index (χ0v) is 15.8. The molecule has 1 aromatic heterocycles. The summed E-state index contributed by atoms with van der Waals surface area (Å²) in [7, 11) is 3.52. The van der Waals surface area contributed by atoms with Crippen LogP contribution in [0.5, 0.6) is 0 Å². The van der Waals surface area contributed by atoms with Gasteiger partial charge in [-0.1, -0.05) is 0 Å². The monoisotopic (exact) mass is 378 g/mol. The number of rotatable bonds is 5. The number of halogens is 2. The Hall–Kier alpha value is -2.55. The van der Waals surface area contributed by atoms with Crippen molar-refractivity contribution in [2.75, 3.05) is 26.8 Å². The fraction of sp³-hybridized carbons (Fsp3) is 0.500. The molecule has 2 aromatic rings. The second kappa shape index (κ2) is 8.43. The lowest BCUT2D eigenvalue weighted by Gasteiger charge is -2.32. The van der Waals surface area contributed by atoms with Crippen LogP contribution in [-0.2, 0) is 31.3 Å². The van der Waals surface area contributed by atoms with Gasteiger partial charge in [0.25, 0.3) is 0 Å². The summed E-state index contributed by atoms with van der Waals surface area (Å²) in [5.41, 5.74) is 1.22. The quantitative estimate of drug-likeness (QED) is 0.486. The first-order chi connectivity index (χ1) is 13.0. The smallest absolute Gasteiger partial charge is 0.194 e. The van der Waals surface area contributed by atoms with Gasteiger partial charge in [0.1, 0.15) is 24.0 Å². The molecular weight excluding hydrogens is 354 g/mol. The van der Waals surface area contributed by atoms with Gasteiger partial charge in [0.05, 0.1) is 6.61 Å². The van der Waals surface area contributed by atoms with Gasteiger partial charge in [-0.15, -0.1) is 10.2 Å². The number of ether oxygens (including phenoxy) is 1. The number of fused-ring (bicyclic) bond motifs is 1. The first-order valence-corrected chi connectivity index (χ1v) is 8.83. The lowest BCUT2D eigenvalue weighted by Crippen LogP contribution is -2.45. The Kier molecular flexibility index (Phi) is 6.00. The molecule has 0 aliphatic carbocycles. The molecule has 1 aliphatic rings. The van der Waals surface area contributed by atoms with E-state index in [4.69, 9.17) is 4.74 Å². The number of aliphatic imine (C=N–C) groups is 1. The molecule has 0 spiro atoms. The van der Waals surface area contributed by atoms with Gasteiger partial charge in [-0.05, 0) is 30.5 Å². The van der Waals surface area contributed by atoms with E-state index in [1.165, 1.54) is 6.07 Å². The largest absolute Gasteiger partial charge is 0.383 e. The predicted molar refractivity (Wildman–Crippen MR) is 97.2 cm³/mol. The SMILES string of the molecule is COCCNC(=NCc1nnc(C)n1C)N1CCc2c(F)cc(F)cc2C1. The number of benzene rings is 1. The molecule has 1 N–H and O–H groups in total. The number of hydrogen-bond acceptors (Lipinski definition) is 4. The summed E-state index contributed by atoms with van der Waals surface area (Å²) in [5, 5.41) is 11.4. The minimum atomic E-state index is -0.562. The Bertz CT molecular complexity index is 835. The number of methoxy groups -OCH3 is 1. The fourth-order valence-electron chi connectivity index (χ4n) is 3.06. The average Bonchev–Trinajstić information content (AvgIpc) is 2.96. The van der Waals surface area contributed by atoms with Gasteiger partial charge in [0, 0.05) is 39.9 Å². The van der Waals surface area contributed by atoms with Crippen molar-refractivity contribution < 1.29 is 13.5 Å². The fourth-order valence-corrected chi connectivity index (χ4v) is 3.06. The molecule has 0 atom stereocenters. The Morgan fingerprint density at radius 3 is 2.85 bits per heavy atom. The van der Waals surface area contributed by atoms with Crippen LogP contribution in [0.15, 0.2) is 17.1 Å². The van der Waals surface area contributed by atoms with Crippen LogP contribution in [0.25, 0.3) is 0 Å². The maximum Gasteiger partial charge on any atom is 0.194 e. The standard InChI is InChI=1S/C18H24F2N6O/c1-12-23-24-17(25(12)2)10-22-18(21-5-7-27-3)26-6-4-15-13(11-26)8-14(19)9-16(15)20/h8-9H,4-7,10-11H2,1-3H3,(H,21,22). The van der Waals surface area contributed by atoms with E-state index < -0.39 is 11.6 Å². The minimum absolute atomic E-state index is 0.355. The Labute approximate surface area is 157 Å². The number of nitrogens with one attached hydrogen (secondary N) is 1. The van der Waals surface area contributed by atoms with Gasteiger partial charge in [-0.3, -0.25) is 0 Å². The molecule has 3 rings (SSSR count). The highest BCUT2D eigenvalue weighted by Gasteiger charge is 2.22. The first kappa shape index (κ1) is 19.2. The van der Waals surface area contributed by atoms with Crippen molar-refractivity contribution in [2.24, 2.45) is 12.0 Å². The highest BCUT2D eigenvalue weighted by Crippen LogP contribution is 2.23. The molecule has 146 valence electrons. The molecule has 0 amide bonds. The summed E-state index contributed by atoms with van der Waals surface area (Å²) in [6, 6.07) is 2.33. The molecule has 0 radical (unpaired) electrons. The number of aryl methyl sites for hydroxylation is 1. The van der Waals surface area contributed by atoms with Gasteiger partial charge < -0.3 is 19.5 Å². The number of aromatic nitrogens is 3. The highest BCUT2D eigenvalue weighted by atomic mass is 19.1. The molecule has 1 aliphatic heterocycles. The summed E-state index contributed by atoms with van der Waals surface area (Å²) in [6.07, 6.45) is 0.496. The summed E-state index contributed by atoms with van der Waals surface area (Å²) in [4.78, 5) is 6.63. The molecule has 0 saturated carbocycles. The van der Waals surface area contributed by atoms with E-state index in [1.807, 2.05) is 23.4 Å². The first-order valence-electron chi connectivity index (χ1n) is 8.83. The molecule has 27 heavy (non-hydrogen) atoms. The van der Waals surface area contributed by atoms with Crippen LogP contribution in [0.3, 0.4) is 0 Å². The van der Waals surface area contributed by atoms with E-state index in [-0.39, 0.29) is 0 Å². The van der Waals surface area contributed by atoms with E-state index in [0.29, 0.717) is 56.3 Å². The zero-order chi connectivity index (χ0) is 19.4. The molecule has 0 fully saturated rings. The third-order valence-electron chi connectivity index (χ3n) is 4.69. The van der Waals surface area contributed by atoms with Gasteiger partial charge >= 0.3 is 0 Å². The van der Waals surface area contributed by atoms with Crippen molar-refractivity contribution in [1.29, 1.82) is 0 Å². The van der Waals surface area contributed by atoms with Gasteiger partial charge in [0.15, 0.2) is 11.8 Å². The maximum atomic E-state index is 14.0. The summed E-state index contributed by atoms with van der Waals surface area (Å²) >= 11 is 0. The number of nitrogens with zero attached hydrogens (tertiary/aromatic N) is 5. The molecule has 0 unspecified atom stereocenters.